The Labute approximate surface area is 179 Å². The monoisotopic (exact) mass is 419 g/mol. The normalized spacial score (nSPS) is 15.6. The lowest BCUT2D eigenvalue weighted by Crippen LogP contribution is -2.43. The number of fused-ring (bicyclic) bond motifs is 1. The van der Waals surface area contributed by atoms with Crippen molar-refractivity contribution >= 4 is 22.5 Å². The van der Waals surface area contributed by atoms with Gasteiger partial charge in [0.05, 0.1) is 18.6 Å². The van der Waals surface area contributed by atoms with E-state index >= 15 is 0 Å². The van der Waals surface area contributed by atoms with Crippen LogP contribution in [0.2, 0.25) is 5.02 Å². The van der Waals surface area contributed by atoms with E-state index in [2.05, 4.69) is 27.6 Å². The molecule has 1 aliphatic rings. The third-order valence-corrected chi connectivity index (χ3v) is 6.21. The molecule has 1 fully saturated rings. The topological polar surface area (TPSA) is 64.7 Å². The molecule has 0 aliphatic heterocycles. The minimum Gasteiger partial charge on any atom is -0.288 e. The van der Waals surface area contributed by atoms with Gasteiger partial charge in [-0.05, 0) is 42.7 Å². The maximum atomic E-state index is 13.0. The Morgan fingerprint density at radius 3 is 2.50 bits per heavy atom. The summed E-state index contributed by atoms with van der Waals surface area (Å²) in [7, 11) is 0. The molecule has 5 rings (SSSR count). The van der Waals surface area contributed by atoms with Crippen LogP contribution in [0.1, 0.15) is 31.2 Å². The molecule has 0 bridgehead atoms. The fourth-order valence-electron chi connectivity index (χ4n) is 4.32. The first kappa shape index (κ1) is 19.0. The standard InChI is InChI=1S/C23H22ClN5O/c24-19-10-8-18(9-11-19)23(12-4-5-13-23)25-16-29-22(30)21-17(14-26-29)15-28(27-21)20-6-2-1-3-7-20/h1-3,6-11,14-15,25H,4-5,12-13,16H2. The SMILES string of the molecule is O=c1c2nn(-c3ccccc3)cc2cnn1CNC1(c2ccc(Cl)cc2)CCCC1. The molecule has 6 nitrogen and oxygen atoms in total. The van der Waals surface area contributed by atoms with Gasteiger partial charge in [0.15, 0.2) is 5.52 Å². The third-order valence-electron chi connectivity index (χ3n) is 5.96. The Hall–Kier alpha value is -2.96. The van der Waals surface area contributed by atoms with Crippen molar-refractivity contribution < 1.29 is 0 Å². The molecule has 1 aliphatic carbocycles. The van der Waals surface area contributed by atoms with E-state index in [0.717, 1.165) is 41.8 Å². The molecular weight excluding hydrogens is 398 g/mol. The van der Waals surface area contributed by atoms with Crippen molar-refractivity contribution in [3.8, 4) is 5.69 Å². The zero-order valence-corrected chi connectivity index (χ0v) is 17.2. The Morgan fingerprint density at radius 2 is 1.77 bits per heavy atom. The van der Waals surface area contributed by atoms with Crippen LogP contribution >= 0.6 is 11.6 Å². The van der Waals surface area contributed by atoms with Crippen molar-refractivity contribution in [1.29, 1.82) is 0 Å². The predicted molar refractivity (Wildman–Crippen MR) is 118 cm³/mol. The van der Waals surface area contributed by atoms with Crippen molar-refractivity contribution in [2.45, 2.75) is 37.9 Å². The molecule has 0 spiro atoms. The van der Waals surface area contributed by atoms with Gasteiger partial charge in [-0.15, -0.1) is 0 Å². The van der Waals surface area contributed by atoms with E-state index in [1.54, 1.807) is 10.9 Å². The second kappa shape index (κ2) is 7.70. The highest BCUT2D eigenvalue weighted by atomic mass is 35.5. The fourth-order valence-corrected chi connectivity index (χ4v) is 4.45. The molecule has 0 unspecified atom stereocenters. The molecule has 30 heavy (non-hydrogen) atoms. The van der Waals surface area contributed by atoms with E-state index < -0.39 is 0 Å². The largest absolute Gasteiger partial charge is 0.296 e. The number of benzene rings is 2. The zero-order chi connectivity index (χ0) is 20.6. The molecule has 0 radical (unpaired) electrons. The van der Waals surface area contributed by atoms with E-state index in [-0.39, 0.29) is 11.1 Å². The van der Waals surface area contributed by atoms with Gasteiger partial charge in [-0.1, -0.05) is 54.8 Å². The maximum absolute atomic E-state index is 13.0. The van der Waals surface area contributed by atoms with Crippen LogP contribution in [0.3, 0.4) is 0 Å². The lowest BCUT2D eigenvalue weighted by molar-refractivity contribution is 0.295. The number of aromatic nitrogens is 4. The number of hydrogen-bond acceptors (Lipinski definition) is 4. The van der Waals surface area contributed by atoms with E-state index in [1.807, 2.05) is 48.7 Å². The number of rotatable bonds is 5. The van der Waals surface area contributed by atoms with Crippen LogP contribution in [0, 0.1) is 0 Å². The first-order chi connectivity index (χ1) is 14.6. The van der Waals surface area contributed by atoms with Crippen molar-refractivity contribution in [1.82, 2.24) is 24.9 Å². The molecule has 1 N–H and O–H groups in total. The molecule has 7 heteroatoms. The molecule has 2 aromatic heterocycles. The highest BCUT2D eigenvalue weighted by molar-refractivity contribution is 6.30. The molecular formula is C23H22ClN5O. The summed E-state index contributed by atoms with van der Waals surface area (Å²) in [6, 6.07) is 17.7. The van der Waals surface area contributed by atoms with Crippen LogP contribution in [-0.2, 0) is 12.2 Å². The van der Waals surface area contributed by atoms with Crippen molar-refractivity contribution in [3.05, 3.63) is 87.9 Å². The van der Waals surface area contributed by atoms with Crippen LogP contribution < -0.4 is 10.9 Å². The van der Waals surface area contributed by atoms with E-state index in [9.17, 15) is 4.79 Å². The summed E-state index contributed by atoms with van der Waals surface area (Å²) in [5, 5.41) is 14.0. The summed E-state index contributed by atoms with van der Waals surface area (Å²) in [5.74, 6) is 0. The van der Waals surface area contributed by atoms with Crippen molar-refractivity contribution in [2.24, 2.45) is 0 Å². The van der Waals surface area contributed by atoms with Gasteiger partial charge in [0.2, 0.25) is 0 Å². The predicted octanol–water partition coefficient (Wildman–Crippen LogP) is 4.25. The first-order valence-electron chi connectivity index (χ1n) is 10.2. The average molecular weight is 420 g/mol. The smallest absolute Gasteiger partial charge is 0.288 e. The van der Waals surface area contributed by atoms with Gasteiger partial charge in [-0.25, -0.2) is 9.36 Å². The first-order valence-corrected chi connectivity index (χ1v) is 10.5. The van der Waals surface area contributed by atoms with Crippen LogP contribution in [0.25, 0.3) is 16.6 Å². The molecule has 0 atom stereocenters. The third kappa shape index (κ3) is 3.42. The summed E-state index contributed by atoms with van der Waals surface area (Å²) >= 11 is 6.07. The lowest BCUT2D eigenvalue weighted by atomic mass is 9.88. The zero-order valence-electron chi connectivity index (χ0n) is 16.5. The summed E-state index contributed by atoms with van der Waals surface area (Å²) in [5.41, 5.74) is 2.17. The number of halogens is 1. The molecule has 2 heterocycles. The molecule has 2 aromatic carbocycles. The molecule has 4 aromatic rings. The van der Waals surface area contributed by atoms with Crippen LogP contribution in [0.5, 0.6) is 0 Å². The van der Waals surface area contributed by atoms with Crippen molar-refractivity contribution in [2.75, 3.05) is 0 Å². The Balaban J connectivity index is 1.44. The van der Waals surface area contributed by atoms with Gasteiger partial charge >= 0.3 is 0 Å². The molecule has 1 saturated carbocycles. The minimum atomic E-state index is -0.195. The Morgan fingerprint density at radius 1 is 1.03 bits per heavy atom. The summed E-state index contributed by atoms with van der Waals surface area (Å²) in [6.45, 7) is 0.329. The van der Waals surface area contributed by atoms with Gasteiger partial charge < -0.3 is 0 Å². The van der Waals surface area contributed by atoms with Gasteiger partial charge in [0.25, 0.3) is 5.56 Å². The number of hydrogen-bond donors (Lipinski definition) is 1. The molecule has 0 saturated heterocycles. The van der Waals surface area contributed by atoms with Gasteiger partial charge in [-0.3, -0.25) is 10.1 Å². The highest BCUT2D eigenvalue weighted by Crippen LogP contribution is 2.39. The van der Waals surface area contributed by atoms with E-state index in [4.69, 9.17) is 11.6 Å². The second-order valence-electron chi connectivity index (χ2n) is 7.79. The summed E-state index contributed by atoms with van der Waals surface area (Å²) in [4.78, 5) is 13.0. The van der Waals surface area contributed by atoms with Gasteiger partial charge in [-0.2, -0.15) is 10.2 Å². The van der Waals surface area contributed by atoms with Crippen LogP contribution in [-0.4, -0.2) is 19.6 Å². The maximum Gasteiger partial charge on any atom is 0.296 e. The van der Waals surface area contributed by atoms with Crippen LogP contribution in [0.15, 0.2) is 71.8 Å². The average Bonchev–Trinajstić information content (AvgIpc) is 3.43. The number of para-hydroxylation sites is 1. The minimum absolute atomic E-state index is 0.163. The quantitative estimate of drug-likeness (QED) is 0.525. The number of nitrogens with zero attached hydrogens (tertiary/aromatic N) is 4. The van der Waals surface area contributed by atoms with E-state index in [1.165, 1.54) is 10.2 Å². The second-order valence-corrected chi connectivity index (χ2v) is 8.23. The summed E-state index contributed by atoms with van der Waals surface area (Å²) in [6.07, 6.45) is 7.89. The Bertz CT molecular complexity index is 1220. The van der Waals surface area contributed by atoms with Crippen molar-refractivity contribution in [3.63, 3.8) is 0 Å². The van der Waals surface area contributed by atoms with Gasteiger partial charge in [0.1, 0.15) is 0 Å². The van der Waals surface area contributed by atoms with Crippen LogP contribution in [0.4, 0.5) is 0 Å². The lowest BCUT2D eigenvalue weighted by Gasteiger charge is -2.31. The number of nitrogens with one attached hydrogen (secondary N) is 1. The highest BCUT2D eigenvalue weighted by Gasteiger charge is 2.35. The Kier molecular flexibility index (Phi) is 4.89. The summed E-state index contributed by atoms with van der Waals surface area (Å²) < 4.78 is 3.18. The fraction of sp³-hybridized carbons (Fsp3) is 0.261. The van der Waals surface area contributed by atoms with Gasteiger partial charge in [0, 0.05) is 22.1 Å². The van der Waals surface area contributed by atoms with E-state index in [0.29, 0.717) is 12.2 Å². The molecule has 152 valence electrons. The molecule has 0 amide bonds.